The van der Waals surface area contributed by atoms with E-state index in [1.807, 2.05) is 41.9 Å². The van der Waals surface area contributed by atoms with Crippen LogP contribution in [0.2, 0.25) is 0 Å². The lowest BCUT2D eigenvalue weighted by Gasteiger charge is -2.20. The molecule has 1 aliphatic rings. The standard InChI is InChI=1S/C20H16N6O3S2/c1-12-6-7-21-20-22-18(24-25(12)20)19(28)29-11-17(27)26-14(16-5-3-9-31-16)10-13(23-26)15-4-2-8-30-15/h2-9,14H,10-11H2,1H3/t14-/m0/s1. The highest BCUT2D eigenvalue weighted by Crippen LogP contribution is 2.35. The number of carbonyl (C=O) groups is 2. The van der Waals surface area contributed by atoms with Crippen LogP contribution in [0.1, 0.15) is 38.5 Å². The molecule has 1 atom stereocenters. The van der Waals surface area contributed by atoms with Crippen LogP contribution in [0.3, 0.4) is 0 Å². The number of ether oxygens (including phenoxy) is 1. The highest BCUT2D eigenvalue weighted by Gasteiger charge is 2.34. The van der Waals surface area contributed by atoms with E-state index >= 15 is 0 Å². The van der Waals surface area contributed by atoms with Gasteiger partial charge in [-0.1, -0.05) is 12.1 Å². The molecule has 0 N–H and O–H groups in total. The van der Waals surface area contributed by atoms with Gasteiger partial charge in [0.1, 0.15) is 0 Å². The normalized spacial score (nSPS) is 16.0. The molecule has 11 heteroatoms. The van der Waals surface area contributed by atoms with Crippen molar-refractivity contribution < 1.29 is 14.3 Å². The van der Waals surface area contributed by atoms with Crippen molar-refractivity contribution in [3.8, 4) is 0 Å². The Morgan fingerprint density at radius 3 is 2.77 bits per heavy atom. The Morgan fingerprint density at radius 2 is 2.03 bits per heavy atom. The van der Waals surface area contributed by atoms with Gasteiger partial charge < -0.3 is 4.74 Å². The molecule has 5 heterocycles. The SMILES string of the molecule is Cc1ccnc2nc(C(=O)OCC(=O)N3N=C(c4cccs4)C[C@H]3c3cccs3)nn12. The Hall–Kier alpha value is -3.44. The van der Waals surface area contributed by atoms with Crippen molar-refractivity contribution in [3.63, 3.8) is 0 Å². The molecule has 0 unspecified atom stereocenters. The second kappa shape index (κ2) is 8.00. The number of hydrogen-bond donors (Lipinski definition) is 0. The predicted molar refractivity (Wildman–Crippen MR) is 115 cm³/mol. The van der Waals surface area contributed by atoms with Crippen LogP contribution in [0.15, 0.2) is 52.4 Å². The Morgan fingerprint density at radius 1 is 1.19 bits per heavy atom. The first kappa shape index (κ1) is 19.5. The largest absolute Gasteiger partial charge is 0.450 e. The van der Waals surface area contributed by atoms with Crippen LogP contribution in [0.25, 0.3) is 5.78 Å². The van der Waals surface area contributed by atoms with Gasteiger partial charge in [0.25, 0.3) is 17.5 Å². The van der Waals surface area contributed by atoms with Gasteiger partial charge in [-0.3, -0.25) is 4.79 Å². The van der Waals surface area contributed by atoms with Crippen molar-refractivity contribution >= 4 is 46.0 Å². The van der Waals surface area contributed by atoms with Crippen molar-refractivity contribution in [2.24, 2.45) is 5.10 Å². The summed E-state index contributed by atoms with van der Waals surface area (Å²) in [5, 5.41) is 14.0. The van der Waals surface area contributed by atoms with Crippen LogP contribution >= 0.6 is 22.7 Å². The number of hydrogen-bond acceptors (Lipinski definition) is 9. The highest BCUT2D eigenvalue weighted by molar-refractivity contribution is 7.12. The van der Waals surface area contributed by atoms with Crippen LogP contribution in [-0.2, 0) is 9.53 Å². The van der Waals surface area contributed by atoms with Crippen LogP contribution in [-0.4, -0.2) is 48.8 Å². The average Bonchev–Trinajstić information content (AvgIpc) is 3.55. The molecule has 0 spiro atoms. The summed E-state index contributed by atoms with van der Waals surface area (Å²) in [6, 6.07) is 9.38. The smallest absolute Gasteiger partial charge is 0.378 e. The van der Waals surface area contributed by atoms with Gasteiger partial charge in [0.05, 0.1) is 16.6 Å². The molecule has 5 rings (SSSR count). The van der Waals surface area contributed by atoms with E-state index in [9.17, 15) is 9.59 Å². The van der Waals surface area contributed by atoms with Crippen molar-refractivity contribution in [3.05, 3.63) is 68.6 Å². The molecule has 9 nitrogen and oxygen atoms in total. The molecular weight excluding hydrogens is 436 g/mol. The molecule has 1 aliphatic heterocycles. The Labute approximate surface area is 184 Å². The molecule has 0 fully saturated rings. The van der Waals surface area contributed by atoms with E-state index in [1.165, 1.54) is 9.52 Å². The van der Waals surface area contributed by atoms with E-state index in [4.69, 9.17) is 4.74 Å². The van der Waals surface area contributed by atoms with Gasteiger partial charge in [-0.25, -0.2) is 19.3 Å². The molecule has 0 aromatic carbocycles. The predicted octanol–water partition coefficient (Wildman–Crippen LogP) is 3.09. The summed E-state index contributed by atoms with van der Waals surface area (Å²) in [4.78, 5) is 35.5. The zero-order chi connectivity index (χ0) is 21.4. The number of thiophene rings is 2. The van der Waals surface area contributed by atoms with Crippen LogP contribution in [0.5, 0.6) is 0 Å². The molecule has 0 bridgehead atoms. The van der Waals surface area contributed by atoms with Crippen LogP contribution < -0.4 is 0 Å². The van der Waals surface area contributed by atoms with Crippen LogP contribution in [0.4, 0.5) is 0 Å². The molecule has 1 amide bonds. The zero-order valence-electron chi connectivity index (χ0n) is 16.3. The van der Waals surface area contributed by atoms with Crippen molar-refractivity contribution in [2.75, 3.05) is 6.61 Å². The maximum Gasteiger partial charge on any atom is 0.378 e. The number of esters is 1. The lowest BCUT2D eigenvalue weighted by Crippen LogP contribution is -2.31. The minimum Gasteiger partial charge on any atom is -0.450 e. The van der Waals surface area contributed by atoms with E-state index < -0.39 is 18.5 Å². The summed E-state index contributed by atoms with van der Waals surface area (Å²) in [5.74, 6) is -1.04. The van der Waals surface area contributed by atoms with Gasteiger partial charge >= 0.3 is 5.97 Å². The first-order chi connectivity index (χ1) is 15.1. The minimum absolute atomic E-state index is 0.145. The second-order valence-electron chi connectivity index (χ2n) is 6.81. The number of aromatic nitrogens is 4. The number of fused-ring (bicyclic) bond motifs is 1. The Bertz CT molecular complexity index is 1280. The molecule has 0 radical (unpaired) electrons. The molecule has 156 valence electrons. The summed E-state index contributed by atoms with van der Waals surface area (Å²) >= 11 is 3.14. The lowest BCUT2D eigenvalue weighted by atomic mass is 10.1. The Balaban J connectivity index is 1.32. The fourth-order valence-electron chi connectivity index (χ4n) is 3.29. The molecule has 0 saturated heterocycles. The van der Waals surface area contributed by atoms with E-state index in [0.717, 1.165) is 21.2 Å². The number of carbonyl (C=O) groups excluding carboxylic acids is 2. The van der Waals surface area contributed by atoms with E-state index in [1.54, 1.807) is 34.9 Å². The quantitative estimate of drug-likeness (QED) is 0.431. The first-order valence-electron chi connectivity index (χ1n) is 9.42. The van der Waals surface area contributed by atoms with Crippen LogP contribution in [0, 0.1) is 6.92 Å². The molecule has 4 aromatic rings. The summed E-state index contributed by atoms with van der Waals surface area (Å²) in [5.41, 5.74) is 1.62. The third kappa shape index (κ3) is 3.73. The number of rotatable bonds is 5. The number of hydrazone groups is 1. The lowest BCUT2D eigenvalue weighted by molar-refractivity contribution is -0.136. The van der Waals surface area contributed by atoms with E-state index in [0.29, 0.717) is 12.2 Å². The van der Waals surface area contributed by atoms with Crippen molar-refractivity contribution in [2.45, 2.75) is 19.4 Å². The monoisotopic (exact) mass is 452 g/mol. The number of amides is 1. The van der Waals surface area contributed by atoms with Gasteiger partial charge in [0, 0.05) is 23.2 Å². The van der Waals surface area contributed by atoms with E-state index in [-0.39, 0.29) is 11.9 Å². The second-order valence-corrected chi connectivity index (χ2v) is 8.73. The summed E-state index contributed by atoms with van der Waals surface area (Å²) < 4.78 is 6.65. The number of aryl methyl sites for hydroxylation is 1. The topological polar surface area (TPSA) is 102 Å². The van der Waals surface area contributed by atoms with Gasteiger partial charge in [-0.2, -0.15) is 10.1 Å². The van der Waals surface area contributed by atoms with Gasteiger partial charge in [0.15, 0.2) is 6.61 Å². The average molecular weight is 453 g/mol. The maximum atomic E-state index is 12.9. The summed E-state index contributed by atoms with van der Waals surface area (Å²) in [7, 11) is 0. The van der Waals surface area contributed by atoms with Gasteiger partial charge in [-0.15, -0.1) is 27.8 Å². The van der Waals surface area contributed by atoms with E-state index in [2.05, 4.69) is 20.2 Å². The van der Waals surface area contributed by atoms with Gasteiger partial charge in [-0.05, 0) is 35.9 Å². The molecule has 0 saturated carbocycles. The highest BCUT2D eigenvalue weighted by atomic mass is 32.1. The summed E-state index contributed by atoms with van der Waals surface area (Å²) in [6.07, 6.45) is 2.19. The summed E-state index contributed by atoms with van der Waals surface area (Å²) in [6.45, 7) is 1.37. The Kier molecular flexibility index (Phi) is 5.04. The molecule has 4 aromatic heterocycles. The van der Waals surface area contributed by atoms with Gasteiger partial charge in [0.2, 0.25) is 0 Å². The number of nitrogens with zero attached hydrogens (tertiary/aromatic N) is 6. The molecule has 0 aliphatic carbocycles. The maximum absolute atomic E-state index is 12.9. The third-order valence-corrected chi connectivity index (χ3v) is 6.67. The molecule has 31 heavy (non-hydrogen) atoms. The fraction of sp³-hybridized carbons (Fsp3) is 0.200. The first-order valence-corrected chi connectivity index (χ1v) is 11.2. The molecular formula is C20H16N6O3S2. The third-order valence-electron chi connectivity index (χ3n) is 4.78. The zero-order valence-corrected chi connectivity index (χ0v) is 18.0. The fourth-order valence-corrected chi connectivity index (χ4v) is 4.82. The van der Waals surface area contributed by atoms with Crippen molar-refractivity contribution in [1.29, 1.82) is 0 Å². The minimum atomic E-state index is -0.785. The van der Waals surface area contributed by atoms with Crippen molar-refractivity contribution in [1.82, 2.24) is 24.6 Å².